The fourth-order valence-electron chi connectivity index (χ4n) is 3.73. The van der Waals surface area contributed by atoms with Crippen molar-refractivity contribution in [2.75, 3.05) is 0 Å². The van der Waals surface area contributed by atoms with E-state index >= 15 is 0 Å². The number of hydrogen-bond acceptors (Lipinski definition) is 0. The Kier molecular flexibility index (Phi) is 4.22. The van der Waals surface area contributed by atoms with Crippen molar-refractivity contribution in [3.63, 3.8) is 0 Å². The van der Waals surface area contributed by atoms with Crippen LogP contribution in [0.15, 0.2) is 78.9 Å². The zero-order valence-corrected chi connectivity index (χ0v) is 15.5. The van der Waals surface area contributed by atoms with E-state index in [9.17, 15) is 0 Å². The third-order valence-corrected chi connectivity index (χ3v) is 4.99. The Balaban J connectivity index is 2.12. The van der Waals surface area contributed by atoms with E-state index in [0.717, 1.165) is 0 Å². The Morgan fingerprint density at radius 3 is 2.19 bits per heavy atom. The van der Waals surface area contributed by atoms with Crippen LogP contribution in [-0.2, 0) is 0 Å². The van der Waals surface area contributed by atoms with Gasteiger partial charge in [0, 0.05) is 27.9 Å². The second kappa shape index (κ2) is 6.68. The van der Waals surface area contributed by atoms with Crippen LogP contribution in [0.4, 0.5) is 0 Å². The van der Waals surface area contributed by atoms with E-state index in [1.165, 1.54) is 44.5 Å². The Morgan fingerprint density at radius 1 is 0.769 bits per heavy atom. The average Bonchev–Trinajstić information content (AvgIpc) is 2.95. The molecule has 0 amide bonds. The van der Waals surface area contributed by atoms with Crippen molar-refractivity contribution >= 4 is 17.0 Å². The van der Waals surface area contributed by atoms with Gasteiger partial charge in [-0.1, -0.05) is 78.4 Å². The SMILES string of the molecule is C/C=C\c1c(C)n(-c2ccccc2)c2c(-c3ccc(C)cc3)cccc12. The van der Waals surface area contributed by atoms with E-state index in [1.807, 2.05) is 0 Å². The molecule has 1 aromatic heterocycles. The summed E-state index contributed by atoms with van der Waals surface area (Å²) in [6.45, 7) is 6.42. The second-order valence-electron chi connectivity index (χ2n) is 6.74. The van der Waals surface area contributed by atoms with E-state index in [-0.39, 0.29) is 0 Å². The van der Waals surface area contributed by atoms with Crippen molar-refractivity contribution in [3.8, 4) is 16.8 Å². The molecule has 1 nitrogen and oxygen atoms in total. The summed E-state index contributed by atoms with van der Waals surface area (Å²) in [4.78, 5) is 0. The van der Waals surface area contributed by atoms with E-state index < -0.39 is 0 Å². The van der Waals surface area contributed by atoms with Crippen molar-refractivity contribution in [2.24, 2.45) is 0 Å². The van der Waals surface area contributed by atoms with Crippen LogP contribution >= 0.6 is 0 Å². The summed E-state index contributed by atoms with van der Waals surface area (Å²) in [5.41, 5.74) is 8.83. The largest absolute Gasteiger partial charge is 0.313 e. The monoisotopic (exact) mass is 337 g/mol. The lowest BCUT2D eigenvalue weighted by Gasteiger charge is -2.12. The van der Waals surface area contributed by atoms with Crippen LogP contribution in [0.5, 0.6) is 0 Å². The first-order valence-electron chi connectivity index (χ1n) is 9.10. The number of aromatic nitrogens is 1. The molecule has 0 radical (unpaired) electrons. The van der Waals surface area contributed by atoms with Gasteiger partial charge in [-0.25, -0.2) is 0 Å². The number of aryl methyl sites for hydroxylation is 1. The standard InChI is InChI=1S/C25H23N/c1-4-9-22-19(3)26(21-10-6-5-7-11-21)25-23(12-8-13-24(22)25)20-16-14-18(2)15-17-20/h4-17H,1-3H3/b9-4-. The Labute approximate surface area is 155 Å². The van der Waals surface area contributed by atoms with E-state index in [2.05, 4.69) is 110 Å². The maximum atomic E-state index is 2.39. The third kappa shape index (κ3) is 2.66. The molecule has 0 unspecified atom stereocenters. The molecule has 4 aromatic rings. The molecule has 0 saturated heterocycles. The average molecular weight is 337 g/mol. The maximum absolute atomic E-state index is 2.39. The molecule has 1 heterocycles. The van der Waals surface area contributed by atoms with E-state index in [0.29, 0.717) is 0 Å². The topological polar surface area (TPSA) is 4.93 Å². The van der Waals surface area contributed by atoms with Gasteiger partial charge in [0.15, 0.2) is 0 Å². The molecule has 3 aromatic carbocycles. The van der Waals surface area contributed by atoms with Gasteiger partial charge in [0.05, 0.1) is 5.52 Å². The lowest BCUT2D eigenvalue weighted by Crippen LogP contribution is -1.97. The van der Waals surface area contributed by atoms with Crippen LogP contribution in [0.2, 0.25) is 0 Å². The van der Waals surface area contributed by atoms with Crippen molar-refractivity contribution in [2.45, 2.75) is 20.8 Å². The second-order valence-corrected chi connectivity index (χ2v) is 6.74. The number of rotatable bonds is 3. The van der Waals surface area contributed by atoms with Crippen molar-refractivity contribution in [3.05, 3.63) is 95.7 Å². The summed E-state index contributed by atoms with van der Waals surface area (Å²) in [6, 6.07) is 26.1. The first kappa shape index (κ1) is 16.4. The van der Waals surface area contributed by atoms with Gasteiger partial charge in [0.1, 0.15) is 0 Å². The fourth-order valence-corrected chi connectivity index (χ4v) is 3.73. The predicted molar refractivity (Wildman–Crippen MR) is 113 cm³/mol. The molecule has 0 aliphatic heterocycles. The van der Waals surface area contributed by atoms with Crippen LogP contribution in [0.3, 0.4) is 0 Å². The van der Waals surface area contributed by atoms with E-state index in [4.69, 9.17) is 0 Å². The number of allylic oxidation sites excluding steroid dienone is 1. The maximum Gasteiger partial charge on any atom is 0.0615 e. The van der Waals surface area contributed by atoms with Crippen molar-refractivity contribution < 1.29 is 0 Å². The molecule has 0 atom stereocenters. The molecule has 0 spiro atoms. The lowest BCUT2D eigenvalue weighted by atomic mass is 10.0. The molecule has 0 bridgehead atoms. The summed E-state index contributed by atoms with van der Waals surface area (Å²) in [5.74, 6) is 0. The van der Waals surface area contributed by atoms with Gasteiger partial charge in [0.2, 0.25) is 0 Å². The van der Waals surface area contributed by atoms with Crippen LogP contribution in [-0.4, -0.2) is 4.57 Å². The minimum Gasteiger partial charge on any atom is -0.313 e. The van der Waals surface area contributed by atoms with Crippen molar-refractivity contribution in [1.82, 2.24) is 4.57 Å². The van der Waals surface area contributed by atoms with Gasteiger partial charge >= 0.3 is 0 Å². The molecule has 0 aliphatic carbocycles. The third-order valence-electron chi connectivity index (χ3n) is 4.99. The molecule has 0 saturated carbocycles. The number of nitrogens with zero attached hydrogens (tertiary/aromatic N) is 1. The quantitative estimate of drug-likeness (QED) is 0.381. The highest BCUT2D eigenvalue weighted by Gasteiger charge is 2.17. The lowest BCUT2D eigenvalue weighted by molar-refractivity contribution is 1.05. The molecular formula is C25H23N. The van der Waals surface area contributed by atoms with Gasteiger partial charge in [0.25, 0.3) is 0 Å². The molecule has 1 heteroatoms. The van der Waals surface area contributed by atoms with Crippen LogP contribution in [0.25, 0.3) is 33.8 Å². The Bertz CT molecular complexity index is 1080. The van der Waals surface area contributed by atoms with Gasteiger partial charge in [-0.15, -0.1) is 0 Å². The fraction of sp³-hybridized carbons (Fsp3) is 0.120. The number of benzene rings is 3. The van der Waals surface area contributed by atoms with Gasteiger partial charge in [-0.05, 0) is 38.5 Å². The van der Waals surface area contributed by atoms with Gasteiger partial charge in [-0.2, -0.15) is 0 Å². The summed E-state index contributed by atoms with van der Waals surface area (Å²) in [5, 5.41) is 1.29. The minimum atomic E-state index is 1.20. The van der Waals surface area contributed by atoms with Crippen molar-refractivity contribution in [1.29, 1.82) is 0 Å². The Morgan fingerprint density at radius 2 is 1.50 bits per heavy atom. The van der Waals surface area contributed by atoms with Gasteiger partial charge in [-0.3, -0.25) is 0 Å². The summed E-state index contributed by atoms with van der Waals surface area (Å²) < 4.78 is 2.39. The molecule has 0 fully saturated rings. The molecular weight excluding hydrogens is 314 g/mol. The predicted octanol–water partition coefficient (Wildman–Crippen LogP) is 6.95. The zero-order valence-electron chi connectivity index (χ0n) is 15.5. The zero-order chi connectivity index (χ0) is 18.1. The van der Waals surface area contributed by atoms with Crippen LogP contribution in [0, 0.1) is 13.8 Å². The van der Waals surface area contributed by atoms with Gasteiger partial charge < -0.3 is 4.57 Å². The highest BCUT2D eigenvalue weighted by molar-refractivity contribution is 6.01. The number of fused-ring (bicyclic) bond motifs is 1. The summed E-state index contributed by atoms with van der Waals surface area (Å²) in [6.07, 6.45) is 4.34. The summed E-state index contributed by atoms with van der Waals surface area (Å²) in [7, 11) is 0. The molecule has 128 valence electrons. The number of hydrogen-bond donors (Lipinski definition) is 0. The smallest absolute Gasteiger partial charge is 0.0615 e. The van der Waals surface area contributed by atoms with Crippen LogP contribution in [0.1, 0.15) is 23.7 Å². The van der Waals surface area contributed by atoms with Crippen LogP contribution < -0.4 is 0 Å². The summed E-state index contributed by atoms with van der Waals surface area (Å²) >= 11 is 0. The molecule has 0 N–H and O–H groups in total. The molecule has 4 rings (SSSR count). The highest BCUT2D eigenvalue weighted by atomic mass is 15.0. The minimum absolute atomic E-state index is 1.20. The first-order chi connectivity index (χ1) is 12.7. The van der Waals surface area contributed by atoms with E-state index in [1.54, 1.807) is 0 Å². The molecule has 0 aliphatic rings. The number of para-hydroxylation sites is 2. The first-order valence-corrected chi connectivity index (χ1v) is 9.10. The Hall–Kier alpha value is -3.06. The highest BCUT2D eigenvalue weighted by Crippen LogP contribution is 2.36. The normalized spacial score (nSPS) is 11.5. The molecule has 26 heavy (non-hydrogen) atoms.